The third-order valence-electron chi connectivity index (χ3n) is 4.79. The minimum absolute atomic E-state index is 0.112. The standard InChI is InChI=1S/C21H21FN4OS/c22-17-6-8-18(9-7-17)25-10-12-26(13-11-25)20(27)15-28-21-23-14-19(24-21)16-4-2-1-3-5-16/h1-9,14H,10-13,15H2,(H,23,24). The Morgan fingerprint density at radius 2 is 1.75 bits per heavy atom. The molecule has 1 N–H and O–H groups in total. The van der Waals surface area contributed by atoms with Crippen LogP contribution in [-0.2, 0) is 4.79 Å². The van der Waals surface area contributed by atoms with Gasteiger partial charge < -0.3 is 14.8 Å². The van der Waals surface area contributed by atoms with Crippen LogP contribution in [0.1, 0.15) is 0 Å². The van der Waals surface area contributed by atoms with Gasteiger partial charge in [-0.2, -0.15) is 0 Å². The maximum Gasteiger partial charge on any atom is 0.233 e. The summed E-state index contributed by atoms with van der Waals surface area (Å²) >= 11 is 1.42. The van der Waals surface area contributed by atoms with Crippen LogP contribution in [0.25, 0.3) is 11.3 Å². The smallest absolute Gasteiger partial charge is 0.233 e. The molecule has 5 nitrogen and oxygen atoms in total. The van der Waals surface area contributed by atoms with Crippen molar-refractivity contribution in [1.82, 2.24) is 14.9 Å². The fourth-order valence-corrected chi connectivity index (χ4v) is 3.98. The zero-order valence-electron chi connectivity index (χ0n) is 15.3. The first-order valence-electron chi connectivity index (χ1n) is 9.20. The Balaban J connectivity index is 1.27. The molecule has 0 spiro atoms. The number of H-pyrrole nitrogens is 1. The Labute approximate surface area is 167 Å². The Kier molecular flexibility index (Phi) is 5.62. The Morgan fingerprint density at radius 3 is 2.46 bits per heavy atom. The van der Waals surface area contributed by atoms with Gasteiger partial charge in [0.25, 0.3) is 0 Å². The van der Waals surface area contributed by atoms with E-state index in [9.17, 15) is 9.18 Å². The number of anilines is 1. The van der Waals surface area contributed by atoms with Crippen molar-refractivity contribution >= 4 is 23.4 Å². The van der Waals surface area contributed by atoms with E-state index >= 15 is 0 Å². The number of benzene rings is 2. The van der Waals surface area contributed by atoms with Crippen LogP contribution in [0, 0.1) is 5.82 Å². The molecule has 2 heterocycles. The van der Waals surface area contributed by atoms with Crippen LogP contribution >= 0.6 is 11.8 Å². The Bertz CT molecular complexity index is 921. The number of carbonyl (C=O) groups excluding carboxylic acids is 1. The van der Waals surface area contributed by atoms with Gasteiger partial charge in [-0.1, -0.05) is 42.1 Å². The van der Waals surface area contributed by atoms with Crippen molar-refractivity contribution in [3.8, 4) is 11.3 Å². The van der Waals surface area contributed by atoms with Crippen molar-refractivity contribution in [2.45, 2.75) is 5.16 Å². The van der Waals surface area contributed by atoms with Crippen LogP contribution in [-0.4, -0.2) is 52.7 Å². The van der Waals surface area contributed by atoms with Crippen molar-refractivity contribution in [2.75, 3.05) is 36.8 Å². The highest BCUT2D eigenvalue weighted by molar-refractivity contribution is 7.99. The molecular formula is C21H21FN4OS. The topological polar surface area (TPSA) is 52.2 Å². The second kappa shape index (κ2) is 8.48. The monoisotopic (exact) mass is 396 g/mol. The van der Waals surface area contributed by atoms with Gasteiger partial charge in [0, 0.05) is 31.9 Å². The van der Waals surface area contributed by atoms with Crippen molar-refractivity contribution < 1.29 is 9.18 Å². The third-order valence-corrected chi connectivity index (χ3v) is 5.67. The van der Waals surface area contributed by atoms with E-state index in [-0.39, 0.29) is 11.7 Å². The lowest BCUT2D eigenvalue weighted by Crippen LogP contribution is -2.49. The van der Waals surface area contributed by atoms with Crippen LogP contribution < -0.4 is 4.90 Å². The maximum atomic E-state index is 13.1. The molecule has 1 aliphatic rings. The number of nitrogens with zero attached hydrogens (tertiary/aromatic N) is 3. The summed E-state index contributed by atoms with van der Waals surface area (Å²) in [6.45, 7) is 2.84. The predicted molar refractivity (Wildman–Crippen MR) is 110 cm³/mol. The van der Waals surface area contributed by atoms with E-state index in [1.54, 1.807) is 18.3 Å². The number of hydrogen-bond donors (Lipinski definition) is 1. The summed E-state index contributed by atoms with van der Waals surface area (Å²) in [5.41, 5.74) is 3.01. The lowest BCUT2D eigenvalue weighted by molar-refractivity contribution is -0.128. The first kappa shape index (κ1) is 18.6. The number of imidazole rings is 1. The number of hydrogen-bond acceptors (Lipinski definition) is 4. The maximum absolute atomic E-state index is 13.1. The number of aromatic amines is 1. The van der Waals surface area contributed by atoms with E-state index in [0.29, 0.717) is 18.8 Å². The van der Waals surface area contributed by atoms with Crippen molar-refractivity contribution in [3.05, 3.63) is 66.6 Å². The zero-order valence-corrected chi connectivity index (χ0v) is 16.2. The van der Waals surface area contributed by atoms with Crippen LogP contribution in [0.5, 0.6) is 0 Å². The van der Waals surface area contributed by atoms with E-state index in [4.69, 9.17) is 0 Å². The van der Waals surface area contributed by atoms with Gasteiger partial charge in [-0.25, -0.2) is 9.37 Å². The van der Waals surface area contributed by atoms with Gasteiger partial charge in [0.05, 0.1) is 17.6 Å². The van der Waals surface area contributed by atoms with Crippen LogP contribution in [0.2, 0.25) is 0 Å². The molecule has 1 saturated heterocycles. The summed E-state index contributed by atoms with van der Waals surface area (Å²) in [7, 11) is 0. The first-order chi connectivity index (χ1) is 13.7. The predicted octanol–water partition coefficient (Wildman–Crippen LogP) is 3.66. The number of aromatic nitrogens is 2. The molecule has 0 atom stereocenters. The van der Waals surface area contributed by atoms with E-state index < -0.39 is 0 Å². The summed E-state index contributed by atoms with van der Waals surface area (Å²) < 4.78 is 13.1. The van der Waals surface area contributed by atoms with Gasteiger partial charge >= 0.3 is 0 Å². The first-order valence-corrected chi connectivity index (χ1v) is 10.2. The number of nitrogens with one attached hydrogen (secondary N) is 1. The minimum Gasteiger partial charge on any atom is -0.368 e. The van der Waals surface area contributed by atoms with E-state index in [2.05, 4.69) is 14.9 Å². The Hall–Kier alpha value is -2.80. The highest BCUT2D eigenvalue weighted by atomic mass is 32.2. The summed E-state index contributed by atoms with van der Waals surface area (Å²) in [4.78, 5) is 24.2. The van der Waals surface area contributed by atoms with Crippen LogP contribution in [0.15, 0.2) is 66.0 Å². The molecule has 3 aromatic rings. The van der Waals surface area contributed by atoms with Gasteiger partial charge in [0.2, 0.25) is 5.91 Å². The quantitative estimate of drug-likeness (QED) is 0.669. The molecule has 1 aliphatic heterocycles. The molecule has 0 saturated carbocycles. The number of piperazine rings is 1. The summed E-state index contributed by atoms with van der Waals surface area (Å²) in [5.74, 6) is 0.238. The molecule has 1 amide bonds. The molecule has 0 aliphatic carbocycles. The molecular weight excluding hydrogens is 375 g/mol. The third kappa shape index (κ3) is 4.36. The zero-order chi connectivity index (χ0) is 19.3. The van der Waals surface area contributed by atoms with Crippen molar-refractivity contribution in [1.29, 1.82) is 0 Å². The number of amides is 1. The fourth-order valence-electron chi connectivity index (χ4n) is 3.23. The number of thioether (sulfide) groups is 1. The molecule has 28 heavy (non-hydrogen) atoms. The molecule has 1 aromatic heterocycles. The minimum atomic E-state index is -0.233. The average molecular weight is 396 g/mol. The Morgan fingerprint density at radius 1 is 1.04 bits per heavy atom. The van der Waals surface area contributed by atoms with Gasteiger partial charge in [-0.3, -0.25) is 4.79 Å². The van der Waals surface area contributed by atoms with Crippen molar-refractivity contribution in [3.63, 3.8) is 0 Å². The number of halogens is 1. The fraction of sp³-hybridized carbons (Fsp3) is 0.238. The SMILES string of the molecule is O=C(CSc1ncc(-c2ccccc2)[nH]1)N1CCN(c2ccc(F)cc2)CC1. The van der Waals surface area contributed by atoms with Crippen LogP contribution in [0.3, 0.4) is 0 Å². The largest absolute Gasteiger partial charge is 0.368 e. The lowest BCUT2D eigenvalue weighted by Gasteiger charge is -2.36. The lowest BCUT2D eigenvalue weighted by atomic mass is 10.2. The van der Waals surface area contributed by atoms with E-state index in [0.717, 1.165) is 35.2 Å². The van der Waals surface area contributed by atoms with Crippen LogP contribution in [0.4, 0.5) is 10.1 Å². The van der Waals surface area contributed by atoms with Crippen molar-refractivity contribution in [2.24, 2.45) is 0 Å². The number of rotatable bonds is 5. The van der Waals surface area contributed by atoms with E-state index in [1.807, 2.05) is 35.2 Å². The van der Waals surface area contributed by atoms with Gasteiger partial charge in [-0.05, 0) is 29.8 Å². The molecule has 0 radical (unpaired) electrons. The van der Waals surface area contributed by atoms with E-state index in [1.165, 1.54) is 23.9 Å². The molecule has 144 valence electrons. The highest BCUT2D eigenvalue weighted by Gasteiger charge is 2.21. The normalized spacial score (nSPS) is 14.3. The summed E-state index contributed by atoms with van der Waals surface area (Å²) in [6.07, 6.45) is 1.80. The second-order valence-electron chi connectivity index (χ2n) is 6.60. The number of carbonyl (C=O) groups is 1. The molecule has 4 rings (SSSR count). The average Bonchev–Trinajstić information content (AvgIpc) is 3.22. The molecule has 7 heteroatoms. The van der Waals surface area contributed by atoms with Gasteiger partial charge in [0.1, 0.15) is 5.82 Å². The van der Waals surface area contributed by atoms with Gasteiger partial charge in [-0.15, -0.1) is 0 Å². The molecule has 1 fully saturated rings. The summed E-state index contributed by atoms with van der Waals surface area (Å²) in [6, 6.07) is 16.5. The summed E-state index contributed by atoms with van der Waals surface area (Å²) in [5, 5.41) is 0.747. The van der Waals surface area contributed by atoms with Gasteiger partial charge in [0.15, 0.2) is 5.16 Å². The molecule has 0 unspecified atom stereocenters. The molecule has 2 aromatic carbocycles. The highest BCUT2D eigenvalue weighted by Crippen LogP contribution is 2.22. The molecule has 0 bridgehead atoms. The second-order valence-corrected chi connectivity index (χ2v) is 7.57.